The molecule has 49 heavy (non-hydrogen) atoms. The average Bonchev–Trinajstić information content (AvgIpc) is 3.99. The quantitative estimate of drug-likeness (QED) is 0.169. The lowest BCUT2D eigenvalue weighted by Gasteiger charge is -2.19. The highest BCUT2D eigenvalue weighted by atomic mass is 16.1. The maximum absolute atomic E-state index is 14.1. The normalized spacial score (nSPS) is 19.4. The van der Waals surface area contributed by atoms with Gasteiger partial charge < -0.3 is 4.40 Å². The van der Waals surface area contributed by atoms with Gasteiger partial charge in [0.2, 0.25) is 0 Å². The molecule has 6 aromatic carbocycles. The smallest absolute Gasteiger partial charge is 0.169 e. The first-order valence-corrected chi connectivity index (χ1v) is 18.3. The minimum absolute atomic E-state index is 0.200. The van der Waals surface area contributed by atoms with Crippen LogP contribution >= 0.6 is 0 Å². The molecule has 2 fully saturated rings. The summed E-state index contributed by atoms with van der Waals surface area (Å²) in [6.07, 6.45) is 10.4. The van der Waals surface area contributed by atoms with E-state index in [4.69, 9.17) is 0 Å². The summed E-state index contributed by atoms with van der Waals surface area (Å²) in [5, 5.41) is 9.97. The lowest BCUT2D eigenvalue weighted by atomic mass is 9.82. The third-order valence-electron chi connectivity index (χ3n) is 13.5. The molecule has 0 unspecified atom stereocenters. The molecule has 0 radical (unpaired) electrons. The molecule has 4 aliphatic carbocycles. The molecule has 0 N–H and O–H groups in total. The Hall–Kier alpha value is -5.02. The van der Waals surface area contributed by atoms with Crippen LogP contribution in [0.5, 0.6) is 0 Å². The topological polar surface area (TPSA) is 38.5 Å². The van der Waals surface area contributed by atoms with Gasteiger partial charge >= 0.3 is 0 Å². The third kappa shape index (κ3) is 3.30. The maximum Gasteiger partial charge on any atom is 0.169 e. The number of fused-ring (bicyclic) bond motifs is 11. The highest BCUT2D eigenvalue weighted by Crippen LogP contribution is 2.53. The first-order chi connectivity index (χ1) is 24.0. The summed E-state index contributed by atoms with van der Waals surface area (Å²) >= 11 is 0. The monoisotopic (exact) mass is 633 g/mol. The van der Waals surface area contributed by atoms with Crippen LogP contribution < -0.4 is 0 Å². The molecular formula is C46H35NO2. The number of benzene rings is 6. The van der Waals surface area contributed by atoms with Gasteiger partial charge in [0.1, 0.15) is 0 Å². The molecule has 2 spiro atoms. The van der Waals surface area contributed by atoms with Crippen LogP contribution in [0, 0.1) is 10.8 Å². The highest BCUT2D eigenvalue weighted by Gasteiger charge is 2.48. The fraction of sp³-hybridized carbons (Fsp3) is 0.261. The summed E-state index contributed by atoms with van der Waals surface area (Å²) in [5.74, 6) is 0.713. The third-order valence-corrected chi connectivity index (χ3v) is 13.5. The van der Waals surface area contributed by atoms with Crippen molar-refractivity contribution in [3.8, 4) is 11.1 Å². The summed E-state index contributed by atoms with van der Waals surface area (Å²) in [7, 11) is 0. The Morgan fingerprint density at radius 2 is 1.02 bits per heavy atom. The van der Waals surface area contributed by atoms with E-state index in [0.717, 1.165) is 86.4 Å². The van der Waals surface area contributed by atoms with E-state index in [0.29, 0.717) is 11.6 Å². The Balaban J connectivity index is 1.15. The van der Waals surface area contributed by atoms with Crippen molar-refractivity contribution in [2.45, 2.75) is 64.2 Å². The zero-order valence-electron chi connectivity index (χ0n) is 27.5. The molecule has 2 aromatic heterocycles. The van der Waals surface area contributed by atoms with Crippen molar-refractivity contribution in [1.29, 1.82) is 0 Å². The predicted octanol–water partition coefficient (Wildman–Crippen LogP) is 11.4. The molecular weight excluding hydrogens is 599 g/mol. The zero-order valence-corrected chi connectivity index (χ0v) is 27.5. The minimum Gasteiger partial charge on any atom is -0.308 e. The standard InChI is InChI=1S/C46H35NO2/c48-43-34-22-40-36(20-30(34)24-45(43)13-3-4-14-45)38-18-29(27-11-12-33-28(17-27)10-9-26-7-1-2-8-32(26)33)19-39-37-21-31-25-46(15-5-6-16-46)44(49)35(31)23-41(37)47(40)42(38)39/h1-2,7-12,17-23H,3-6,13-16,24-25H2. The van der Waals surface area contributed by atoms with Crippen LogP contribution in [0.1, 0.15) is 83.2 Å². The maximum atomic E-state index is 14.1. The summed E-state index contributed by atoms with van der Waals surface area (Å²) in [6, 6.07) is 33.9. The average molecular weight is 634 g/mol. The van der Waals surface area contributed by atoms with Gasteiger partial charge in [-0.2, -0.15) is 0 Å². The van der Waals surface area contributed by atoms with Crippen molar-refractivity contribution in [3.05, 3.63) is 113 Å². The van der Waals surface area contributed by atoms with Gasteiger partial charge in [-0.15, -0.1) is 0 Å². The van der Waals surface area contributed by atoms with Gasteiger partial charge in [0, 0.05) is 43.5 Å². The molecule has 0 saturated heterocycles. The molecule has 236 valence electrons. The van der Waals surface area contributed by atoms with Crippen molar-refractivity contribution < 1.29 is 9.59 Å². The van der Waals surface area contributed by atoms with Gasteiger partial charge in [-0.1, -0.05) is 74.2 Å². The van der Waals surface area contributed by atoms with Gasteiger partial charge in [-0.3, -0.25) is 9.59 Å². The van der Waals surface area contributed by atoms with Crippen LogP contribution in [0.15, 0.2) is 91.0 Å². The molecule has 2 heterocycles. The Morgan fingerprint density at radius 1 is 0.469 bits per heavy atom. The molecule has 3 heteroatoms. The number of nitrogens with zero attached hydrogens (tertiary/aromatic N) is 1. The molecule has 3 nitrogen and oxygen atoms in total. The number of hydrogen-bond acceptors (Lipinski definition) is 2. The van der Waals surface area contributed by atoms with Crippen molar-refractivity contribution in [1.82, 2.24) is 4.40 Å². The van der Waals surface area contributed by atoms with E-state index >= 15 is 0 Å². The summed E-state index contributed by atoms with van der Waals surface area (Å²) in [4.78, 5) is 28.1. The number of carbonyl (C=O) groups excluding carboxylic acids is 2. The Labute approximate surface area is 283 Å². The van der Waals surface area contributed by atoms with Crippen LogP contribution in [-0.4, -0.2) is 16.0 Å². The van der Waals surface area contributed by atoms with Gasteiger partial charge in [0.25, 0.3) is 0 Å². The summed E-state index contributed by atoms with van der Waals surface area (Å²) in [6.45, 7) is 0. The van der Waals surface area contributed by atoms with E-state index in [1.54, 1.807) is 0 Å². The van der Waals surface area contributed by atoms with Crippen LogP contribution in [-0.2, 0) is 12.8 Å². The number of carbonyl (C=O) groups is 2. The van der Waals surface area contributed by atoms with E-state index < -0.39 is 0 Å². The second-order valence-electron chi connectivity index (χ2n) is 16.0. The Morgan fingerprint density at radius 3 is 1.63 bits per heavy atom. The van der Waals surface area contributed by atoms with Crippen LogP contribution in [0.2, 0.25) is 0 Å². The number of rotatable bonds is 1. The Bertz CT molecular complexity index is 2690. The van der Waals surface area contributed by atoms with Crippen molar-refractivity contribution in [3.63, 3.8) is 0 Å². The zero-order chi connectivity index (χ0) is 32.2. The lowest BCUT2D eigenvalue weighted by Crippen LogP contribution is -2.23. The largest absolute Gasteiger partial charge is 0.308 e. The van der Waals surface area contributed by atoms with Crippen molar-refractivity contribution in [2.24, 2.45) is 10.8 Å². The predicted molar refractivity (Wildman–Crippen MR) is 199 cm³/mol. The molecule has 2 saturated carbocycles. The van der Waals surface area contributed by atoms with E-state index in [2.05, 4.69) is 95.4 Å². The summed E-state index contributed by atoms with van der Waals surface area (Å²) < 4.78 is 2.39. The molecule has 8 aromatic rings. The SMILES string of the molecule is O=C1c2cc3c(cc2CC12CCCC2)c1cc(-c2ccc4c(ccc5ccccc54)c2)cc2c4cc5c(cc4n3c12)C(=O)C1(CCCC1)C5. The molecule has 12 rings (SSSR count). The number of ketones is 2. The van der Waals surface area contributed by atoms with Crippen LogP contribution in [0.4, 0.5) is 0 Å². The first kappa shape index (κ1) is 26.9. The minimum atomic E-state index is -0.200. The van der Waals surface area contributed by atoms with Crippen molar-refractivity contribution >= 4 is 71.2 Å². The summed E-state index contributed by atoms with van der Waals surface area (Å²) in [5.41, 5.74) is 9.70. The molecule has 4 aliphatic rings. The van der Waals surface area contributed by atoms with E-state index in [1.165, 1.54) is 70.9 Å². The van der Waals surface area contributed by atoms with Crippen LogP contribution in [0.25, 0.3) is 70.8 Å². The molecule has 0 bridgehead atoms. The number of aromatic nitrogens is 1. The van der Waals surface area contributed by atoms with E-state index in [9.17, 15) is 9.59 Å². The van der Waals surface area contributed by atoms with Gasteiger partial charge in [-0.25, -0.2) is 0 Å². The van der Waals surface area contributed by atoms with Gasteiger partial charge in [0.05, 0.1) is 16.6 Å². The molecule has 0 amide bonds. The fourth-order valence-electron chi connectivity index (χ4n) is 11.2. The first-order valence-electron chi connectivity index (χ1n) is 18.3. The van der Waals surface area contributed by atoms with E-state index in [1.807, 2.05) is 0 Å². The number of Topliss-reactive ketones (excluding diaryl/α,β-unsaturated/α-hetero) is 2. The van der Waals surface area contributed by atoms with Gasteiger partial charge in [-0.05, 0) is 125 Å². The number of hydrogen-bond donors (Lipinski definition) is 0. The second kappa shape index (κ2) is 8.95. The lowest BCUT2D eigenvalue weighted by molar-refractivity contribution is 0.0821. The van der Waals surface area contributed by atoms with Gasteiger partial charge in [0.15, 0.2) is 11.6 Å². The van der Waals surface area contributed by atoms with E-state index in [-0.39, 0.29) is 10.8 Å². The van der Waals surface area contributed by atoms with Crippen LogP contribution in [0.3, 0.4) is 0 Å². The highest BCUT2D eigenvalue weighted by molar-refractivity contribution is 6.26. The van der Waals surface area contributed by atoms with Crippen molar-refractivity contribution in [2.75, 3.05) is 0 Å². The molecule has 0 aliphatic heterocycles. The Kier molecular flexibility index (Phi) is 4.91. The molecule has 0 atom stereocenters. The second-order valence-corrected chi connectivity index (χ2v) is 16.0. The fourth-order valence-corrected chi connectivity index (χ4v) is 11.2.